The predicted octanol–water partition coefficient (Wildman–Crippen LogP) is 1.56. The zero-order chi connectivity index (χ0) is 20.2. The van der Waals surface area contributed by atoms with Crippen LogP contribution in [0.3, 0.4) is 0 Å². The summed E-state index contributed by atoms with van der Waals surface area (Å²) in [6.45, 7) is 1.80. The molecule has 0 saturated carbocycles. The number of imide groups is 1. The first-order valence-corrected chi connectivity index (χ1v) is 10.2. The monoisotopic (exact) mass is 413 g/mol. The van der Waals surface area contributed by atoms with E-state index in [1.807, 2.05) is 5.32 Å². The van der Waals surface area contributed by atoms with E-state index in [2.05, 4.69) is 10.1 Å². The molecule has 0 aromatic heterocycles. The van der Waals surface area contributed by atoms with Crippen LogP contribution in [-0.2, 0) is 19.6 Å². The lowest BCUT2D eigenvalue weighted by atomic mass is 10.2. The smallest absolute Gasteiger partial charge is 0.346 e. The average molecular weight is 413 g/mol. The van der Waals surface area contributed by atoms with Gasteiger partial charge >= 0.3 is 18.0 Å². The highest BCUT2D eigenvalue weighted by Crippen LogP contribution is 2.30. The van der Waals surface area contributed by atoms with E-state index in [0.29, 0.717) is 22.2 Å². The predicted molar refractivity (Wildman–Crippen MR) is 99.3 cm³/mol. The zero-order valence-electron chi connectivity index (χ0n) is 14.9. The second-order valence-electron chi connectivity index (χ2n) is 5.57. The minimum Gasteiger partial charge on any atom is -0.465 e. The molecule has 0 bridgehead atoms. The van der Waals surface area contributed by atoms with Crippen molar-refractivity contribution >= 4 is 39.8 Å². The second kappa shape index (κ2) is 8.44. The molecule has 0 spiro atoms. The lowest BCUT2D eigenvalue weighted by Crippen LogP contribution is -2.47. The number of carbonyl (C=O) groups is 3. The van der Waals surface area contributed by atoms with Gasteiger partial charge in [0.05, 0.1) is 12.0 Å². The minimum atomic E-state index is -4.10. The number of esters is 1. The summed E-state index contributed by atoms with van der Waals surface area (Å²) < 4.78 is 30.0. The van der Waals surface area contributed by atoms with Crippen molar-refractivity contribution in [3.63, 3.8) is 0 Å². The Morgan fingerprint density at radius 1 is 1.19 bits per heavy atom. The highest BCUT2D eigenvalue weighted by Gasteiger charge is 2.28. The molecule has 0 aliphatic carbocycles. The molecule has 0 fully saturated rings. The Bertz CT molecular complexity index is 893. The number of ether oxygens (including phenoxy) is 1. The highest BCUT2D eigenvalue weighted by atomic mass is 32.2. The van der Waals surface area contributed by atoms with Gasteiger partial charge < -0.3 is 10.1 Å². The van der Waals surface area contributed by atoms with E-state index in [0.717, 1.165) is 12.6 Å². The van der Waals surface area contributed by atoms with E-state index in [-0.39, 0.29) is 9.80 Å². The van der Waals surface area contributed by atoms with Crippen LogP contribution in [0.25, 0.3) is 0 Å². The standard InChI is InChI=1S/C16H19N3O6S2/c1-10-4-6-11(7-5-10)27(23,24)19(2)16(22)18-15(21)17-12-8-9-26-13(12)14(20)25-3/h4-7H,8-9H2,1-3H3,(H2,17,18,21,22). The van der Waals surface area contributed by atoms with E-state index in [1.54, 1.807) is 19.1 Å². The van der Waals surface area contributed by atoms with E-state index < -0.39 is 28.1 Å². The van der Waals surface area contributed by atoms with Crippen molar-refractivity contribution in [1.82, 2.24) is 14.9 Å². The van der Waals surface area contributed by atoms with E-state index in [4.69, 9.17) is 0 Å². The molecule has 1 heterocycles. The Hall–Kier alpha value is -2.53. The molecule has 2 N–H and O–H groups in total. The summed E-state index contributed by atoms with van der Waals surface area (Å²) >= 11 is 1.22. The van der Waals surface area contributed by atoms with Gasteiger partial charge in [0.1, 0.15) is 4.91 Å². The summed E-state index contributed by atoms with van der Waals surface area (Å²) in [5.41, 5.74) is 1.19. The van der Waals surface area contributed by atoms with Crippen molar-refractivity contribution in [1.29, 1.82) is 0 Å². The van der Waals surface area contributed by atoms with Crippen LogP contribution in [0.1, 0.15) is 12.0 Å². The van der Waals surface area contributed by atoms with Crippen LogP contribution in [0, 0.1) is 6.92 Å². The van der Waals surface area contributed by atoms with Crippen molar-refractivity contribution in [2.75, 3.05) is 19.9 Å². The number of benzene rings is 1. The molecule has 1 aliphatic rings. The molecule has 0 radical (unpaired) electrons. The molecule has 1 aliphatic heterocycles. The maximum absolute atomic E-state index is 12.5. The fraction of sp³-hybridized carbons (Fsp3) is 0.312. The molecule has 27 heavy (non-hydrogen) atoms. The third-order valence-corrected chi connectivity index (χ3v) is 6.56. The first kappa shape index (κ1) is 20.8. The quantitative estimate of drug-likeness (QED) is 0.718. The van der Waals surface area contributed by atoms with Crippen LogP contribution in [0.4, 0.5) is 9.59 Å². The molecule has 0 atom stereocenters. The van der Waals surface area contributed by atoms with Gasteiger partial charge in [-0.3, -0.25) is 5.32 Å². The van der Waals surface area contributed by atoms with Crippen molar-refractivity contribution in [2.24, 2.45) is 0 Å². The molecule has 146 valence electrons. The highest BCUT2D eigenvalue weighted by molar-refractivity contribution is 8.04. The van der Waals surface area contributed by atoms with Gasteiger partial charge in [0, 0.05) is 18.5 Å². The number of hydrogen-bond acceptors (Lipinski definition) is 7. The van der Waals surface area contributed by atoms with Crippen molar-refractivity contribution in [3.8, 4) is 0 Å². The number of nitrogens with zero attached hydrogens (tertiary/aromatic N) is 1. The average Bonchev–Trinajstić information content (AvgIpc) is 3.08. The molecule has 4 amide bonds. The minimum absolute atomic E-state index is 0.0750. The molecular formula is C16H19N3O6S2. The van der Waals surface area contributed by atoms with Gasteiger partial charge in [-0.1, -0.05) is 17.7 Å². The number of urea groups is 2. The number of thioether (sulfide) groups is 1. The number of carbonyl (C=O) groups excluding carboxylic acids is 3. The molecule has 1 aromatic rings. The van der Waals surface area contributed by atoms with Crippen LogP contribution in [0.5, 0.6) is 0 Å². The molecule has 1 aromatic carbocycles. The Kier molecular flexibility index (Phi) is 6.50. The van der Waals surface area contributed by atoms with Gasteiger partial charge in [0.2, 0.25) is 0 Å². The van der Waals surface area contributed by atoms with Gasteiger partial charge in [-0.05, 0) is 25.5 Å². The maximum atomic E-state index is 12.5. The summed E-state index contributed by atoms with van der Waals surface area (Å²) in [5, 5.41) is 4.33. The second-order valence-corrected chi connectivity index (χ2v) is 8.64. The van der Waals surface area contributed by atoms with Gasteiger partial charge in [-0.15, -0.1) is 11.8 Å². The van der Waals surface area contributed by atoms with Gasteiger partial charge in [-0.25, -0.2) is 27.1 Å². The first-order chi connectivity index (χ1) is 12.7. The Morgan fingerprint density at radius 3 is 2.41 bits per heavy atom. The number of hydrogen-bond donors (Lipinski definition) is 2. The molecule has 0 unspecified atom stereocenters. The van der Waals surface area contributed by atoms with Gasteiger partial charge in [0.15, 0.2) is 0 Å². The van der Waals surface area contributed by atoms with Crippen LogP contribution in [0.2, 0.25) is 0 Å². The summed E-state index contributed by atoms with van der Waals surface area (Å²) in [7, 11) is -1.84. The zero-order valence-corrected chi connectivity index (χ0v) is 16.6. The van der Waals surface area contributed by atoms with E-state index >= 15 is 0 Å². The maximum Gasteiger partial charge on any atom is 0.346 e. The van der Waals surface area contributed by atoms with Crippen molar-refractivity contribution in [2.45, 2.75) is 18.2 Å². The molecule has 9 nitrogen and oxygen atoms in total. The number of rotatable bonds is 4. The van der Waals surface area contributed by atoms with Crippen molar-refractivity contribution in [3.05, 3.63) is 40.4 Å². The third-order valence-electron chi connectivity index (χ3n) is 3.69. The number of sulfonamides is 1. The Morgan fingerprint density at radius 2 is 1.81 bits per heavy atom. The normalized spacial score (nSPS) is 13.9. The lowest BCUT2D eigenvalue weighted by molar-refractivity contribution is -0.135. The fourth-order valence-corrected chi connectivity index (χ4v) is 4.27. The molecule has 2 rings (SSSR count). The topological polar surface area (TPSA) is 122 Å². The van der Waals surface area contributed by atoms with E-state index in [9.17, 15) is 22.8 Å². The Balaban J connectivity index is 2.06. The number of methoxy groups -OCH3 is 1. The SMILES string of the molecule is COC(=O)C1=C(NC(=O)NC(=O)N(C)S(=O)(=O)c2ccc(C)cc2)CCS1. The van der Waals surface area contributed by atoms with Crippen molar-refractivity contribution < 1.29 is 27.5 Å². The van der Waals surface area contributed by atoms with Gasteiger partial charge in [-0.2, -0.15) is 0 Å². The van der Waals surface area contributed by atoms with Crippen LogP contribution in [0.15, 0.2) is 39.8 Å². The molecule has 0 saturated heterocycles. The summed E-state index contributed by atoms with van der Waals surface area (Å²) in [6.07, 6.45) is 0.411. The Labute approximate surface area is 161 Å². The number of nitrogens with one attached hydrogen (secondary N) is 2. The largest absolute Gasteiger partial charge is 0.465 e. The van der Waals surface area contributed by atoms with Crippen LogP contribution < -0.4 is 10.6 Å². The molecular weight excluding hydrogens is 394 g/mol. The first-order valence-electron chi connectivity index (χ1n) is 7.78. The van der Waals surface area contributed by atoms with Gasteiger partial charge in [0.25, 0.3) is 10.0 Å². The van der Waals surface area contributed by atoms with Crippen LogP contribution in [-0.4, -0.2) is 50.7 Å². The molecule has 11 heteroatoms. The summed E-state index contributed by atoms with van der Waals surface area (Å²) in [6, 6.07) is 3.88. The summed E-state index contributed by atoms with van der Waals surface area (Å²) in [5.74, 6) is -0.00594. The number of amides is 4. The number of allylic oxidation sites excluding steroid dienone is 1. The summed E-state index contributed by atoms with van der Waals surface area (Å²) in [4.78, 5) is 36.0. The number of aryl methyl sites for hydroxylation is 1. The van der Waals surface area contributed by atoms with E-state index in [1.165, 1.54) is 31.0 Å². The van der Waals surface area contributed by atoms with Crippen LogP contribution >= 0.6 is 11.8 Å². The fourth-order valence-electron chi connectivity index (χ4n) is 2.17. The third kappa shape index (κ3) is 4.80. The lowest BCUT2D eigenvalue weighted by Gasteiger charge is -2.18.